The van der Waals surface area contributed by atoms with Crippen LogP contribution in [0.4, 0.5) is 5.69 Å². The Balaban J connectivity index is 2.96. The van der Waals surface area contributed by atoms with Crippen molar-refractivity contribution in [1.29, 1.82) is 0 Å². The predicted molar refractivity (Wildman–Crippen MR) is 68.9 cm³/mol. The highest BCUT2D eigenvalue weighted by atomic mass is 32.2. The predicted octanol–water partition coefficient (Wildman–Crippen LogP) is 1.77. The zero-order valence-corrected chi connectivity index (χ0v) is 11.7. The Hall–Kier alpha value is -1.51. The molecule has 0 bridgehead atoms. The number of aryl methyl sites for hydroxylation is 1. The van der Waals surface area contributed by atoms with E-state index in [1.807, 2.05) is 18.7 Å². The van der Waals surface area contributed by atoms with Gasteiger partial charge in [0.1, 0.15) is 0 Å². The van der Waals surface area contributed by atoms with Crippen LogP contribution in [0.15, 0.2) is 23.1 Å². The molecule has 0 atom stereocenters. The highest BCUT2D eigenvalue weighted by molar-refractivity contribution is 7.89. The Morgan fingerprint density at radius 3 is 2.58 bits per heavy atom. The minimum absolute atomic E-state index is 0.162. The fourth-order valence-electron chi connectivity index (χ4n) is 1.28. The molecular formula is C11H16N2O5S. The lowest BCUT2D eigenvalue weighted by molar-refractivity contribution is -0.385. The van der Waals surface area contributed by atoms with E-state index in [-0.39, 0.29) is 23.1 Å². The van der Waals surface area contributed by atoms with Crippen molar-refractivity contribution in [3.05, 3.63) is 33.9 Å². The Bertz CT molecular complexity index is 568. The molecule has 0 aliphatic heterocycles. The van der Waals surface area contributed by atoms with E-state index in [1.165, 1.54) is 19.1 Å². The minimum atomic E-state index is -3.91. The van der Waals surface area contributed by atoms with Crippen LogP contribution in [-0.4, -0.2) is 19.9 Å². The van der Waals surface area contributed by atoms with Crippen molar-refractivity contribution in [3.8, 4) is 0 Å². The van der Waals surface area contributed by atoms with E-state index in [4.69, 9.17) is 4.84 Å². The van der Waals surface area contributed by atoms with E-state index in [0.717, 1.165) is 6.07 Å². The molecule has 8 heteroatoms. The number of nitrogens with zero attached hydrogens (tertiary/aromatic N) is 1. The fourth-order valence-corrected chi connectivity index (χ4v) is 2.11. The molecule has 0 aliphatic carbocycles. The third-order valence-corrected chi connectivity index (χ3v) is 3.48. The van der Waals surface area contributed by atoms with Gasteiger partial charge >= 0.3 is 0 Å². The van der Waals surface area contributed by atoms with E-state index in [1.54, 1.807) is 0 Å². The molecule has 106 valence electrons. The minimum Gasteiger partial charge on any atom is -0.287 e. The van der Waals surface area contributed by atoms with E-state index in [2.05, 4.69) is 0 Å². The third kappa shape index (κ3) is 4.27. The first-order valence-electron chi connectivity index (χ1n) is 5.62. The van der Waals surface area contributed by atoms with Crippen molar-refractivity contribution >= 4 is 15.7 Å². The molecule has 1 aromatic carbocycles. The number of hydrogen-bond donors (Lipinski definition) is 1. The lowest BCUT2D eigenvalue weighted by Crippen LogP contribution is -2.26. The molecule has 0 fully saturated rings. The lowest BCUT2D eigenvalue weighted by Gasteiger charge is -2.09. The van der Waals surface area contributed by atoms with Crippen LogP contribution in [0.2, 0.25) is 0 Å². The molecule has 0 spiro atoms. The zero-order chi connectivity index (χ0) is 14.6. The Labute approximate surface area is 111 Å². The van der Waals surface area contributed by atoms with Gasteiger partial charge in [0, 0.05) is 11.6 Å². The second-order valence-corrected chi connectivity index (χ2v) is 6.14. The second kappa shape index (κ2) is 6.09. The van der Waals surface area contributed by atoms with E-state index in [0.29, 0.717) is 5.56 Å². The van der Waals surface area contributed by atoms with Crippen LogP contribution in [0.5, 0.6) is 0 Å². The maximum Gasteiger partial charge on any atom is 0.273 e. The summed E-state index contributed by atoms with van der Waals surface area (Å²) in [4.78, 5) is 16.7. The average Bonchev–Trinajstić information content (AvgIpc) is 2.27. The van der Waals surface area contributed by atoms with Crippen molar-refractivity contribution in [2.45, 2.75) is 25.7 Å². The fraction of sp³-hybridized carbons (Fsp3) is 0.455. The molecule has 0 amide bonds. The van der Waals surface area contributed by atoms with Crippen molar-refractivity contribution in [1.82, 2.24) is 4.89 Å². The summed E-state index contributed by atoms with van der Waals surface area (Å²) in [6.07, 6.45) is 0. The van der Waals surface area contributed by atoms with Crippen LogP contribution in [-0.2, 0) is 14.9 Å². The van der Waals surface area contributed by atoms with Crippen molar-refractivity contribution < 1.29 is 18.2 Å². The zero-order valence-electron chi connectivity index (χ0n) is 10.9. The molecule has 0 unspecified atom stereocenters. The summed E-state index contributed by atoms with van der Waals surface area (Å²) in [5.41, 5.74) is 0.152. The first-order chi connectivity index (χ1) is 8.74. The first-order valence-corrected chi connectivity index (χ1v) is 7.11. The molecule has 0 aromatic heterocycles. The summed E-state index contributed by atoms with van der Waals surface area (Å²) in [6, 6.07) is 3.69. The number of benzene rings is 1. The van der Waals surface area contributed by atoms with Crippen LogP contribution in [0.3, 0.4) is 0 Å². The van der Waals surface area contributed by atoms with Crippen LogP contribution >= 0.6 is 0 Å². The van der Waals surface area contributed by atoms with Gasteiger partial charge in [-0.3, -0.25) is 15.0 Å². The standard InChI is InChI=1S/C11H16N2O5S/c1-8(2)7-18-12-19(16,17)10-5-4-9(3)11(6-10)13(14)15/h4-6,8,12H,7H2,1-3H3. The summed E-state index contributed by atoms with van der Waals surface area (Å²) < 4.78 is 23.7. The number of nitro benzene ring substituents is 1. The molecule has 19 heavy (non-hydrogen) atoms. The van der Waals surface area contributed by atoms with Gasteiger partial charge in [0.2, 0.25) is 0 Å². The molecule has 1 N–H and O–H groups in total. The molecule has 0 radical (unpaired) electrons. The second-order valence-electron chi connectivity index (χ2n) is 4.50. The Morgan fingerprint density at radius 1 is 1.42 bits per heavy atom. The monoisotopic (exact) mass is 288 g/mol. The number of nitro groups is 1. The largest absolute Gasteiger partial charge is 0.287 e. The average molecular weight is 288 g/mol. The van der Waals surface area contributed by atoms with Crippen LogP contribution in [0.1, 0.15) is 19.4 Å². The Morgan fingerprint density at radius 2 is 2.05 bits per heavy atom. The van der Waals surface area contributed by atoms with Gasteiger partial charge in [-0.05, 0) is 18.9 Å². The first kappa shape index (κ1) is 15.5. The van der Waals surface area contributed by atoms with Gasteiger partial charge in [-0.2, -0.15) is 0 Å². The molecule has 0 saturated carbocycles. The maximum atomic E-state index is 11.8. The van der Waals surface area contributed by atoms with E-state index < -0.39 is 14.9 Å². The summed E-state index contributed by atoms with van der Waals surface area (Å²) in [5.74, 6) is 0.162. The number of rotatable bonds is 6. The van der Waals surface area contributed by atoms with Crippen molar-refractivity contribution in [2.24, 2.45) is 5.92 Å². The SMILES string of the molecule is Cc1ccc(S(=O)(=O)NOCC(C)C)cc1[N+](=O)[O-]. The number of nitrogens with one attached hydrogen (secondary N) is 1. The summed E-state index contributed by atoms with van der Waals surface area (Å²) in [5, 5.41) is 10.8. The van der Waals surface area contributed by atoms with Gasteiger partial charge in [-0.15, -0.1) is 0 Å². The molecular weight excluding hydrogens is 272 g/mol. The van der Waals surface area contributed by atoms with Crippen molar-refractivity contribution in [3.63, 3.8) is 0 Å². The maximum absolute atomic E-state index is 11.8. The highest BCUT2D eigenvalue weighted by Crippen LogP contribution is 2.21. The van der Waals surface area contributed by atoms with Crippen molar-refractivity contribution in [2.75, 3.05) is 6.61 Å². The molecule has 0 aliphatic rings. The van der Waals surface area contributed by atoms with Gasteiger partial charge in [0.25, 0.3) is 15.7 Å². The lowest BCUT2D eigenvalue weighted by atomic mass is 10.2. The van der Waals surface area contributed by atoms with E-state index in [9.17, 15) is 18.5 Å². The third-order valence-electron chi connectivity index (χ3n) is 2.27. The quantitative estimate of drug-likeness (QED) is 0.635. The smallest absolute Gasteiger partial charge is 0.273 e. The summed E-state index contributed by atoms with van der Waals surface area (Å²) in [6.45, 7) is 5.49. The Kier molecular flexibility index (Phi) is 4.98. The number of sulfonamides is 1. The molecule has 0 saturated heterocycles. The summed E-state index contributed by atoms with van der Waals surface area (Å²) >= 11 is 0. The van der Waals surface area contributed by atoms with Gasteiger partial charge in [-0.1, -0.05) is 24.8 Å². The molecule has 1 aromatic rings. The van der Waals surface area contributed by atoms with Crippen LogP contribution in [0, 0.1) is 23.0 Å². The molecule has 1 rings (SSSR count). The van der Waals surface area contributed by atoms with Crippen LogP contribution in [0.25, 0.3) is 0 Å². The molecule has 7 nitrogen and oxygen atoms in total. The van der Waals surface area contributed by atoms with Gasteiger partial charge in [0.05, 0.1) is 16.4 Å². The van der Waals surface area contributed by atoms with Crippen LogP contribution < -0.4 is 4.89 Å². The number of hydrogen-bond acceptors (Lipinski definition) is 5. The van der Waals surface area contributed by atoms with E-state index >= 15 is 0 Å². The topological polar surface area (TPSA) is 98.5 Å². The normalized spacial score (nSPS) is 11.8. The summed E-state index contributed by atoms with van der Waals surface area (Å²) in [7, 11) is -3.91. The van der Waals surface area contributed by atoms with Gasteiger partial charge < -0.3 is 0 Å². The molecule has 0 heterocycles. The highest BCUT2D eigenvalue weighted by Gasteiger charge is 2.19. The van der Waals surface area contributed by atoms with Gasteiger partial charge in [-0.25, -0.2) is 8.42 Å². The van der Waals surface area contributed by atoms with Gasteiger partial charge in [0.15, 0.2) is 0 Å².